The van der Waals surface area contributed by atoms with Gasteiger partial charge in [-0.15, -0.1) is 11.8 Å². The van der Waals surface area contributed by atoms with E-state index in [-0.39, 0.29) is 11.7 Å². The summed E-state index contributed by atoms with van der Waals surface area (Å²) in [7, 11) is 0. The Morgan fingerprint density at radius 3 is 2.81 bits per heavy atom. The molecule has 1 aromatic heterocycles. The molecule has 3 nitrogen and oxygen atoms in total. The molecule has 27 heavy (non-hydrogen) atoms. The quantitative estimate of drug-likeness (QED) is 0.686. The van der Waals surface area contributed by atoms with E-state index in [0.717, 1.165) is 29.4 Å². The van der Waals surface area contributed by atoms with Crippen LogP contribution < -0.4 is 0 Å². The molecule has 0 atom stereocenters. The SMILES string of the molecule is O=C(CSCc1c[nH]c2ccc(F)cc12)N1CC=C(c2ccccc2)CC1. The summed E-state index contributed by atoms with van der Waals surface area (Å²) in [6, 6.07) is 15.1. The molecule has 3 aromatic rings. The molecule has 2 aromatic carbocycles. The van der Waals surface area contributed by atoms with Crippen LogP contribution in [0.2, 0.25) is 0 Å². The van der Waals surface area contributed by atoms with Crippen molar-refractivity contribution in [1.82, 2.24) is 9.88 Å². The molecule has 5 heteroatoms. The van der Waals surface area contributed by atoms with Gasteiger partial charge in [-0.25, -0.2) is 4.39 Å². The third-order valence-electron chi connectivity index (χ3n) is 4.92. The zero-order chi connectivity index (χ0) is 18.6. The zero-order valence-corrected chi connectivity index (χ0v) is 15.8. The molecule has 0 unspecified atom stereocenters. The summed E-state index contributed by atoms with van der Waals surface area (Å²) in [6.45, 7) is 1.43. The van der Waals surface area contributed by atoms with Gasteiger partial charge in [-0.1, -0.05) is 36.4 Å². The Morgan fingerprint density at radius 1 is 1.19 bits per heavy atom. The van der Waals surface area contributed by atoms with Crippen molar-refractivity contribution < 1.29 is 9.18 Å². The number of hydrogen-bond acceptors (Lipinski definition) is 2. The lowest BCUT2D eigenvalue weighted by Gasteiger charge is -2.26. The Hall–Kier alpha value is -2.53. The molecular weight excluding hydrogens is 359 g/mol. The average molecular weight is 380 g/mol. The number of rotatable bonds is 5. The predicted octanol–water partition coefficient (Wildman–Crippen LogP) is 4.86. The number of nitrogens with one attached hydrogen (secondary N) is 1. The van der Waals surface area contributed by atoms with Crippen LogP contribution in [0.15, 0.2) is 60.8 Å². The lowest BCUT2D eigenvalue weighted by molar-refractivity contribution is -0.127. The second kappa shape index (κ2) is 8.01. The normalized spacial score (nSPS) is 14.4. The third kappa shape index (κ3) is 4.08. The first-order chi connectivity index (χ1) is 13.2. The van der Waals surface area contributed by atoms with Crippen LogP contribution in [0.3, 0.4) is 0 Å². The minimum Gasteiger partial charge on any atom is -0.361 e. The first kappa shape index (κ1) is 17.9. The molecule has 1 aliphatic heterocycles. The maximum atomic E-state index is 13.5. The third-order valence-corrected chi connectivity index (χ3v) is 5.89. The minimum atomic E-state index is -0.237. The Morgan fingerprint density at radius 2 is 2.04 bits per heavy atom. The van der Waals surface area contributed by atoms with Crippen molar-refractivity contribution in [3.8, 4) is 0 Å². The molecule has 4 rings (SSSR count). The number of amides is 1. The van der Waals surface area contributed by atoms with Crippen LogP contribution in [0, 0.1) is 5.82 Å². The van der Waals surface area contributed by atoms with E-state index in [1.54, 1.807) is 23.9 Å². The van der Waals surface area contributed by atoms with Crippen LogP contribution in [0.4, 0.5) is 4.39 Å². The first-order valence-corrected chi connectivity index (χ1v) is 10.2. The highest BCUT2D eigenvalue weighted by Gasteiger charge is 2.18. The van der Waals surface area contributed by atoms with Gasteiger partial charge in [0.05, 0.1) is 5.75 Å². The van der Waals surface area contributed by atoms with E-state index in [9.17, 15) is 9.18 Å². The fraction of sp³-hybridized carbons (Fsp3) is 0.227. The number of fused-ring (bicyclic) bond motifs is 1. The maximum Gasteiger partial charge on any atom is 0.232 e. The Kier molecular flexibility index (Phi) is 5.30. The fourth-order valence-corrected chi connectivity index (χ4v) is 4.34. The number of hydrogen-bond donors (Lipinski definition) is 1. The van der Waals surface area contributed by atoms with Crippen molar-refractivity contribution >= 4 is 34.1 Å². The topological polar surface area (TPSA) is 36.1 Å². The van der Waals surface area contributed by atoms with E-state index in [1.165, 1.54) is 17.2 Å². The smallest absolute Gasteiger partial charge is 0.232 e. The number of thioether (sulfide) groups is 1. The van der Waals surface area contributed by atoms with Crippen molar-refractivity contribution in [2.24, 2.45) is 0 Å². The van der Waals surface area contributed by atoms with Gasteiger partial charge >= 0.3 is 0 Å². The lowest BCUT2D eigenvalue weighted by atomic mass is 10.00. The summed E-state index contributed by atoms with van der Waals surface area (Å²) in [4.78, 5) is 17.6. The van der Waals surface area contributed by atoms with Gasteiger partial charge in [0.15, 0.2) is 0 Å². The van der Waals surface area contributed by atoms with E-state index < -0.39 is 0 Å². The zero-order valence-electron chi connectivity index (χ0n) is 15.0. The highest BCUT2D eigenvalue weighted by Crippen LogP contribution is 2.25. The number of nitrogens with zero attached hydrogens (tertiary/aromatic N) is 1. The van der Waals surface area contributed by atoms with Crippen molar-refractivity contribution in [2.45, 2.75) is 12.2 Å². The lowest BCUT2D eigenvalue weighted by Crippen LogP contribution is -2.35. The molecule has 1 aliphatic rings. The van der Waals surface area contributed by atoms with Crippen LogP contribution in [0.25, 0.3) is 16.5 Å². The van der Waals surface area contributed by atoms with Gasteiger partial charge in [0.1, 0.15) is 5.82 Å². The summed E-state index contributed by atoms with van der Waals surface area (Å²) < 4.78 is 13.5. The van der Waals surface area contributed by atoms with Crippen molar-refractivity contribution in [2.75, 3.05) is 18.8 Å². The first-order valence-electron chi connectivity index (χ1n) is 9.06. The van der Waals surface area contributed by atoms with Gasteiger partial charge < -0.3 is 9.88 Å². The number of carbonyl (C=O) groups is 1. The van der Waals surface area contributed by atoms with E-state index >= 15 is 0 Å². The van der Waals surface area contributed by atoms with E-state index in [0.29, 0.717) is 18.1 Å². The van der Waals surface area contributed by atoms with Crippen LogP contribution in [0.5, 0.6) is 0 Å². The molecule has 0 spiro atoms. The number of H-pyrrole nitrogens is 1. The Labute approximate surface area is 162 Å². The number of aromatic nitrogens is 1. The number of benzene rings is 2. The highest BCUT2D eigenvalue weighted by atomic mass is 32.2. The van der Waals surface area contributed by atoms with Crippen LogP contribution in [-0.2, 0) is 10.5 Å². The van der Waals surface area contributed by atoms with Gasteiger partial charge in [0.2, 0.25) is 5.91 Å². The largest absolute Gasteiger partial charge is 0.361 e. The van der Waals surface area contributed by atoms with Crippen LogP contribution in [0.1, 0.15) is 17.5 Å². The molecule has 2 heterocycles. The number of aromatic amines is 1. The van der Waals surface area contributed by atoms with E-state index in [4.69, 9.17) is 0 Å². The Bertz CT molecular complexity index is 980. The van der Waals surface area contributed by atoms with Crippen LogP contribution >= 0.6 is 11.8 Å². The molecule has 1 amide bonds. The van der Waals surface area contributed by atoms with Gasteiger partial charge in [-0.2, -0.15) is 0 Å². The summed E-state index contributed by atoms with van der Waals surface area (Å²) >= 11 is 1.58. The standard InChI is InChI=1S/C22H21FN2OS/c23-19-6-7-21-20(12-19)18(13-24-21)14-27-15-22(26)25-10-8-17(9-11-25)16-4-2-1-3-5-16/h1-8,12-13,24H,9-11,14-15H2. The summed E-state index contributed by atoms with van der Waals surface area (Å²) in [6.07, 6.45) is 4.95. The molecular formula is C22H21FN2OS. The molecule has 0 radical (unpaired) electrons. The maximum absolute atomic E-state index is 13.5. The summed E-state index contributed by atoms with van der Waals surface area (Å²) in [5.74, 6) is 1.05. The fourth-order valence-electron chi connectivity index (χ4n) is 3.42. The highest BCUT2D eigenvalue weighted by molar-refractivity contribution is 7.99. The molecule has 0 fully saturated rings. The molecule has 138 valence electrons. The summed E-state index contributed by atoms with van der Waals surface area (Å²) in [5, 5.41) is 0.892. The Balaban J connectivity index is 1.31. The van der Waals surface area contributed by atoms with Gasteiger partial charge in [-0.05, 0) is 41.3 Å². The number of carbonyl (C=O) groups excluding carboxylic acids is 1. The molecule has 0 saturated carbocycles. The van der Waals surface area contributed by atoms with Gasteiger partial charge in [0, 0.05) is 35.9 Å². The molecule has 1 N–H and O–H groups in total. The van der Waals surface area contributed by atoms with Crippen LogP contribution in [-0.4, -0.2) is 34.6 Å². The summed E-state index contributed by atoms with van der Waals surface area (Å²) in [5.41, 5.74) is 4.51. The monoisotopic (exact) mass is 380 g/mol. The minimum absolute atomic E-state index is 0.161. The van der Waals surface area contributed by atoms with Gasteiger partial charge in [0.25, 0.3) is 0 Å². The van der Waals surface area contributed by atoms with Crippen molar-refractivity contribution in [3.63, 3.8) is 0 Å². The predicted molar refractivity (Wildman–Crippen MR) is 110 cm³/mol. The average Bonchev–Trinajstić information content (AvgIpc) is 3.11. The number of halogens is 1. The van der Waals surface area contributed by atoms with Gasteiger partial charge in [-0.3, -0.25) is 4.79 Å². The van der Waals surface area contributed by atoms with Crippen molar-refractivity contribution in [3.05, 3.63) is 77.7 Å². The molecule has 0 aliphatic carbocycles. The molecule has 0 bridgehead atoms. The van der Waals surface area contributed by atoms with Crippen molar-refractivity contribution in [1.29, 1.82) is 0 Å². The second-order valence-corrected chi connectivity index (χ2v) is 7.67. The van der Waals surface area contributed by atoms with E-state index in [2.05, 4.69) is 23.2 Å². The second-order valence-electron chi connectivity index (χ2n) is 6.68. The van der Waals surface area contributed by atoms with E-state index in [1.807, 2.05) is 29.3 Å². The molecule has 0 saturated heterocycles.